The van der Waals surface area contributed by atoms with E-state index in [0.717, 1.165) is 17.7 Å². The van der Waals surface area contributed by atoms with E-state index in [1.807, 2.05) is 19.9 Å². The number of hydrogen-bond donors (Lipinski definition) is 3. The summed E-state index contributed by atoms with van der Waals surface area (Å²) in [7, 11) is 1.73. The van der Waals surface area contributed by atoms with Crippen LogP contribution in [0.1, 0.15) is 52.1 Å². The molecule has 0 saturated carbocycles. The first-order valence-electron chi connectivity index (χ1n) is 13.8. The van der Waals surface area contributed by atoms with Crippen molar-refractivity contribution in [3.05, 3.63) is 82.8 Å². The van der Waals surface area contributed by atoms with Gasteiger partial charge in [-0.15, -0.1) is 0 Å². The molecule has 3 heterocycles. The molecule has 1 aliphatic rings. The molecule has 0 spiro atoms. The molecule has 2 aromatic heterocycles. The van der Waals surface area contributed by atoms with Gasteiger partial charge in [-0.2, -0.15) is 23.0 Å². The molecule has 232 valence electrons. The number of nitrogens with zero attached hydrogens (tertiary/aromatic N) is 5. The van der Waals surface area contributed by atoms with Crippen molar-refractivity contribution in [3.63, 3.8) is 0 Å². The third-order valence-corrected chi connectivity index (χ3v) is 7.49. The second-order valence-electron chi connectivity index (χ2n) is 10.8. The fourth-order valence-electron chi connectivity index (χ4n) is 5.03. The molecule has 9 nitrogen and oxygen atoms in total. The van der Waals surface area contributed by atoms with Crippen molar-refractivity contribution in [2.75, 3.05) is 36.1 Å². The number of aryl methyl sites for hydroxylation is 2. The maximum absolute atomic E-state index is 13.8. The van der Waals surface area contributed by atoms with Crippen LogP contribution in [0.2, 0.25) is 0 Å². The van der Waals surface area contributed by atoms with E-state index in [2.05, 4.69) is 31.0 Å². The Kier molecular flexibility index (Phi) is 8.30. The van der Waals surface area contributed by atoms with E-state index in [1.54, 1.807) is 42.9 Å². The van der Waals surface area contributed by atoms with Gasteiger partial charge in [0.05, 0.1) is 17.8 Å². The third kappa shape index (κ3) is 6.80. The molecule has 0 radical (unpaired) electrons. The molecule has 4 aromatic rings. The van der Waals surface area contributed by atoms with Crippen LogP contribution in [0, 0.1) is 13.8 Å². The number of hydrogen-bond acceptors (Lipinski definition) is 7. The number of halogens is 5. The Morgan fingerprint density at radius 2 is 1.82 bits per heavy atom. The zero-order valence-corrected chi connectivity index (χ0v) is 24.4. The van der Waals surface area contributed by atoms with Gasteiger partial charge < -0.3 is 16.0 Å². The number of carbonyl (C=O) groups excluding carboxylic acids is 1. The second kappa shape index (κ2) is 11.8. The van der Waals surface area contributed by atoms with Crippen LogP contribution in [0.15, 0.2) is 54.9 Å². The molecule has 14 heteroatoms. The minimum absolute atomic E-state index is 0.0391. The quantitative estimate of drug-likeness (QED) is 0.189. The van der Waals surface area contributed by atoms with Gasteiger partial charge in [0, 0.05) is 55.1 Å². The lowest BCUT2D eigenvalue weighted by molar-refractivity contribution is -0.137. The van der Waals surface area contributed by atoms with Crippen molar-refractivity contribution in [1.82, 2.24) is 24.6 Å². The Labute approximate surface area is 250 Å². The fourth-order valence-corrected chi connectivity index (χ4v) is 5.03. The Morgan fingerprint density at radius 1 is 1.05 bits per heavy atom. The number of amides is 1. The van der Waals surface area contributed by atoms with Crippen molar-refractivity contribution in [2.45, 2.75) is 45.3 Å². The number of rotatable bonds is 8. The number of anilines is 4. The smallest absolute Gasteiger partial charge is 0.373 e. The highest BCUT2D eigenvalue weighted by Crippen LogP contribution is 2.37. The zero-order valence-electron chi connectivity index (χ0n) is 24.4. The summed E-state index contributed by atoms with van der Waals surface area (Å²) in [5, 5.41) is 13.4. The Hall–Kier alpha value is -4.59. The standard InChI is InChI=1S/C30H31F5N8O/c1-17-5-6-23(13-24(17)40-27-9-18(2)41-43(27)26-14-25(36-4)37-16-38-26)39-28(44)21-10-20(11-22(12-21)30(33,34)35)19(3)42-8-7-29(31,32)15-42/h5-6,9-14,16,19,40H,7-8,15H2,1-4H3,(H,39,44)(H,36,37,38). The van der Waals surface area contributed by atoms with Crippen LogP contribution in [-0.4, -0.2) is 56.6 Å². The first-order valence-corrected chi connectivity index (χ1v) is 13.8. The molecular formula is C30H31F5N8O. The van der Waals surface area contributed by atoms with Gasteiger partial charge in [-0.3, -0.25) is 9.69 Å². The lowest BCUT2D eigenvalue weighted by Gasteiger charge is -2.25. The SMILES string of the molecule is CNc1cc(-n2nc(C)cc2Nc2cc(NC(=O)c3cc(C(C)N4CCC(F)(F)C4)cc(C(F)(F)F)c3)ccc2C)ncn1. The lowest BCUT2D eigenvalue weighted by atomic mass is 9.99. The molecule has 0 aliphatic carbocycles. The molecule has 1 atom stereocenters. The van der Waals surface area contributed by atoms with E-state index in [4.69, 9.17) is 0 Å². The second-order valence-corrected chi connectivity index (χ2v) is 10.8. The van der Waals surface area contributed by atoms with E-state index >= 15 is 0 Å². The van der Waals surface area contributed by atoms with Crippen LogP contribution in [0.25, 0.3) is 5.82 Å². The van der Waals surface area contributed by atoms with Gasteiger partial charge in [0.2, 0.25) is 0 Å². The molecule has 3 N–H and O–H groups in total. The Bertz CT molecular complexity index is 1690. The monoisotopic (exact) mass is 614 g/mol. The van der Waals surface area contributed by atoms with Gasteiger partial charge in [-0.05, 0) is 62.2 Å². The number of nitrogens with one attached hydrogen (secondary N) is 3. The van der Waals surface area contributed by atoms with E-state index in [-0.39, 0.29) is 24.1 Å². The van der Waals surface area contributed by atoms with E-state index in [9.17, 15) is 26.7 Å². The van der Waals surface area contributed by atoms with Gasteiger partial charge in [0.1, 0.15) is 18.0 Å². The summed E-state index contributed by atoms with van der Waals surface area (Å²) in [5.41, 5.74) is 1.34. The van der Waals surface area contributed by atoms with E-state index in [0.29, 0.717) is 34.5 Å². The van der Waals surface area contributed by atoms with Crippen molar-refractivity contribution in [2.24, 2.45) is 0 Å². The van der Waals surface area contributed by atoms with Gasteiger partial charge in [0.25, 0.3) is 11.8 Å². The topological polar surface area (TPSA) is 100 Å². The van der Waals surface area contributed by atoms with Crippen LogP contribution < -0.4 is 16.0 Å². The van der Waals surface area contributed by atoms with Crippen LogP contribution in [0.3, 0.4) is 0 Å². The average molecular weight is 615 g/mol. The fraction of sp³-hybridized carbons (Fsp3) is 0.333. The number of carbonyl (C=O) groups is 1. The summed E-state index contributed by atoms with van der Waals surface area (Å²) < 4.78 is 70.7. The highest BCUT2D eigenvalue weighted by atomic mass is 19.4. The van der Waals surface area contributed by atoms with Crippen molar-refractivity contribution < 1.29 is 26.7 Å². The largest absolute Gasteiger partial charge is 0.416 e. The molecule has 1 saturated heterocycles. The Balaban J connectivity index is 1.41. The number of aromatic nitrogens is 4. The zero-order chi connectivity index (χ0) is 31.8. The highest BCUT2D eigenvalue weighted by Gasteiger charge is 2.41. The van der Waals surface area contributed by atoms with Gasteiger partial charge in [-0.25, -0.2) is 18.7 Å². The number of benzene rings is 2. The lowest BCUT2D eigenvalue weighted by Crippen LogP contribution is -2.28. The predicted octanol–water partition coefficient (Wildman–Crippen LogP) is 6.74. The van der Waals surface area contributed by atoms with Crippen LogP contribution in [0.4, 0.5) is 45.0 Å². The predicted molar refractivity (Wildman–Crippen MR) is 157 cm³/mol. The van der Waals surface area contributed by atoms with Gasteiger partial charge in [0.15, 0.2) is 5.82 Å². The van der Waals surface area contributed by atoms with Crippen LogP contribution >= 0.6 is 0 Å². The van der Waals surface area contributed by atoms with Crippen LogP contribution in [-0.2, 0) is 6.18 Å². The normalized spacial score (nSPS) is 15.7. The molecule has 1 amide bonds. The van der Waals surface area contributed by atoms with Crippen molar-refractivity contribution in [1.29, 1.82) is 0 Å². The molecule has 2 aromatic carbocycles. The summed E-state index contributed by atoms with van der Waals surface area (Å²) in [6, 6.07) is 10.8. The third-order valence-electron chi connectivity index (χ3n) is 7.49. The molecular weight excluding hydrogens is 583 g/mol. The van der Waals surface area contributed by atoms with Crippen molar-refractivity contribution in [3.8, 4) is 5.82 Å². The summed E-state index contributed by atoms with van der Waals surface area (Å²) in [4.78, 5) is 23.1. The minimum atomic E-state index is -4.74. The molecule has 1 unspecified atom stereocenters. The first-order chi connectivity index (χ1) is 20.7. The van der Waals surface area contributed by atoms with Crippen LogP contribution in [0.5, 0.6) is 0 Å². The van der Waals surface area contributed by atoms with Crippen molar-refractivity contribution >= 4 is 28.9 Å². The summed E-state index contributed by atoms with van der Waals surface area (Å²) in [6.07, 6.45) is -3.70. The maximum atomic E-state index is 13.8. The first kappa shape index (κ1) is 30.9. The van der Waals surface area contributed by atoms with E-state index < -0.39 is 36.2 Å². The van der Waals surface area contributed by atoms with E-state index in [1.165, 1.54) is 17.3 Å². The Morgan fingerprint density at radius 3 is 2.50 bits per heavy atom. The summed E-state index contributed by atoms with van der Waals surface area (Å²) in [6.45, 7) is 4.72. The molecule has 1 aliphatic heterocycles. The highest BCUT2D eigenvalue weighted by molar-refractivity contribution is 6.04. The van der Waals surface area contributed by atoms with Gasteiger partial charge >= 0.3 is 6.18 Å². The molecule has 1 fully saturated rings. The molecule has 0 bridgehead atoms. The average Bonchev–Trinajstić information content (AvgIpc) is 3.54. The maximum Gasteiger partial charge on any atom is 0.416 e. The molecule has 44 heavy (non-hydrogen) atoms. The summed E-state index contributed by atoms with van der Waals surface area (Å²) >= 11 is 0. The molecule has 5 rings (SSSR count). The number of alkyl halides is 5. The summed E-state index contributed by atoms with van der Waals surface area (Å²) in [5.74, 6) is -1.99. The number of likely N-dealkylation sites (tertiary alicyclic amines) is 1. The van der Waals surface area contributed by atoms with Gasteiger partial charge in [-0.1, -0.05) is 6.07 Å². The minimum Gasteiger partial charge on any atom is -0.373 e.